The van der Waals surface area contributed by atoms with Crippen molar-refractivity contribution >= 4 is 17.9 Å². The van der Waals surface area contributed by atoms with E-state index in [0.717, 1.165) is 64.2 Å². The Morgan fingerprint density at radius 3 is 0.823 bits per heavy atom. The Bertz CT molecular complexity index is 1500. The van der Waals surface area contributed by atoms with E-state index in [2.05, 4.69) is 99.8 Å². The highest BCUT2D eigenvalue weighted by atomic mass is 16.6. The van der Waals surface area contributed by atoms with Crippen molar-refractivity contribution in [2.75, 3.05) is 13.2 Å². The highest BCUT2D eigenvalue weighted by Gasteiger charge is 2.19. The Labute approximate surface area is 490 Å². The van der Waals surface area contributed by atoms with Gasteiger partial charge < -0.3 is 14.2 Å². The number of hydrogen-bond acceptors (Lipinski definition) is 6. The van der Waals surface area contributed by atoms with Gasteiger partial charge in [0.25, 0.3) is 0 Å². The number of ether oxygens (including phenoxy) is 3. The molecule has 0 radical (unpaired) electrons. The summed E-state index contributed by atoms with van der Waals surface area (Å²) >= 11 is 0. The number of unbranched alkanes of at least 4 members (excludes halogenated alkanes) is 37. The van der Waals surface area contributed by atoms with E-state index in [1.54, 1.807) is 0 Å². The van der Waals surface area contributed by atoms with Gasteiger partial charge in [-0.15, -0.1) is 0 Å². The fourth-order valence-electron chi connectivity index (χ4n) is 9.71. The lowest BCUT2D eigenvalue weighted by molar-refractivity contribution is -0.166. The molecule has 0 saturated carbocycles. The van der Waals surface area contributed by atoms with E-state index in [0.29, 0.717) is 19.3 Å². The normalized spacial score (nSPS) is 12.6. The van der Waals surface area contributed by atoms with Crippen molar-refractivity contribution in [2.45, 2.75) is 348 Å². The number of carbonyl (C=O) groups excluding carboxylic acids is 3. The maximum absolute atomic E-state index is 12.9. The molecule has 79 heavy (non-hydrogen) atoms. The standard InChI is InChI=1S/C73H128O6/c1-4-7-10-13-16-19-22-25-28-31-34-36-39-42-45-48-51-54-57-60-63-66-72(75)78-69-70(68-77-71(74)65-62-59-56-53-50-47-44-41-38-33-30-27-24-21-18-15-12-9-6-3)79-73(76)67-64-61-58-55-52-49-46-43-40-37-35-32-29-26-23-20-17-14-11-8-5-2/h18,21,25-30,38,41,47,50,56,59,70H,4-17,19-20,22-24,31-37,39-40,42-46,48-49,51-55,57-58,60-69H2,1-3H3/b21-18-,28-25-,29-26-,30-27-,41-38-,50-47-,59-56-/t70-/m1/s1. The van der Waals surface area contributed by atoms with Crippen molar-refractivity contribution in [2.24, 2.45) is 0 Å². The van der Waals surface area contributed by atoms with Gasteiger partial charge in [-0.2, -0.15) is 0 Å². The second kappa shape index (κ2) is 67.1. The molecular weight excluding hydrogens is 973 g/mol. The molecule has 0 aromatic carbocycles. The maximum Gasteiger partial charge on any atom is 0.306 e. The zero-order chi connectivity index (χ0) is 57.1. The highest BCUT2D eigenvalue weighted by Crippen LogP contribution is 2.17. The Kier molecular flexibility index (Phi) is 64.2. The van der Waals surface area contributed by atoms with Crippen LogP contribution in [0.25, 0.3) is 0 Å². The monoisotopic (exact) mass is 1100 g/mol. The predicted octanol–water partition coefficient (Wildman–Crippen LogP) is 23.4. The molecule has 0 aromatic heterocycles. The Morgan fingerprint density at radius 2 is 0.481 bits per heavy atom. The number of hydrogen-bond donors (Lipinski definition) is 0. The quantitative estimate of drug-likeness (QED) is 0.0261. The average molecular weight is 1100 g/mol. The topological polar surface area (TPSA) is 78.9 Å². The van der Waals surface area contributed by atoms with Gasteiger partial charge in [-0.1, -0.05) is 298 Å². The van der Waals surface area contributed by atoms with Crippen molar-refractivity contribution in [1.82, 2.24) is 0 Å². The van der Waals surface area contributed by atoms with Gasteiger partial charge in [-0.3, -0.25) is 14.4 Å². The molecule has 0 aliphatic rings. The summed E-state index contributed by atoms with van der Waals surface area (Å²) < 4.78 is 16.9. The number of carbonyl (C=O) groups is 3. The molecule has 0 fully saturated rings. The summed E-state index contributed by atoms with van der Waals surface area (Å²) in [7, 11) is 0. The van der Waals surface area contributed by atoms with Gasteiger partial charge in [0.1, 0.15) is 13.2 Å². The van der Waals surface area contributed by atoms with Crippen LogP contribution >= 0.6 is 0 Å². The lowest BCUT2D eigenvalue weighted by Gasteiger charge is -2.18. The molecular formula is C73H128O6. The number of allylic oxidation sites excluding steroid dienone is 14. The summed E-state index contributed by atoms with van der Waals surface area (Å²) in [6.07, 6.45) is 88.9. The third-order valence-corrected chi connectivity index (χ3v) is 14.9. The molecule has 0 N–H and O–H groups in total. The van der Waals surface area contributed by atoms with Crippen molar-refractivity contribution in [3.63, 3.8) is 0 Å². The van der Waals surface area contributed by atoms with E-state index in [4.69, 9.17) is 14.2 Å². The molecule has 6 nitrogen and oxygen atoms in total. The van der Waals surface area contributed by atoms with Gasteiger partial charge in [0.05, 0.1) is 0 Å². The van der Waals surface area contributed by atoms with Gasteiger partial charge in [0.2, 0.25) is 0 Å². The van der Waals surface area contributed by atoms with Crippen LogP contribution in [0.2, 0.25) is 0 Å². The average Bonchev–Trinajstić information content (AvgIpc) is 3.45. The fourth-order valence-corrected chi connectivity index (χ4v) is 9.71. The Hall–Kier alpha value is -3.41. The second-order valence-electron chi connectivity index (χ2n) is 22.7. The van der Waals surface area contributed by atoms with Crippen LogP contribution in [0.15, 0.2) is 85.1 Å². The van der Waals surface area contributed by atoms with E-state index in [1.165, 1.54) is 231 Å². The molecule has 0 rings (SSSR count). The zero-order valence-corrected chi connectivity index (χ0v) is 52.4. The Morgan fingerprint density at radius 1 is 0.253 bits per heavy atom. The molecule has 0 saturated heterocycles. The highest BCUT2D eigenvalue weighted by molar-refractivity contribution is 5.71. The van der Waals surface area contributed by atoms with Crippen LogP contribution in [0.3, 0.4) is 0 Å². The van der Waals surface area contributed by atoms with Gasteiger partial charge >= 0.3 is 17.9 Å². The van der Waals surface area contributed by atoms with Crippen LogP contribution in [0.1, 0.15) is 342 Å². The van der Waals surface area contributed by atoms with E-state index in [-0.39, 0.29) is 37.5 Å². The van der Waals surface area contributed by atoms with Crippen molar-refractivity contribution in [3.8, 4) is 0 Å². The van der Waals surface area contributed by atoms with Gasteiger partial charge in [0, 0.05) is 19.3 Å². The summed E-state index contributed by atoms with van der Waals surface area (Å²) in [6, 6.07) is 0. The molecule has 0 bridgehead atoms. The molecule has 456 valence electrons. The number of esters is 3. The lowest BCUT2D eigenvalue weighted by atomic mass is 10.0. The molecule has 1 atom stereocenters. The maximum atomic E-state index is 12.9. The van der Waals surface area contributed by atoms with Gasteiger partial charge in [-0.25, -0.2) is 0 Å². The summed E-state index contributed by atoms with van der Waals surface area (Å²) in [6.45, 7) is 6.59. The van der Waals surface area contributed by atoms with Gasteiger partial charge in [-0.05, 0) is 109 Å². The molecule has 0 aliphatic heterocycles. The van der Waals surface area contributed by atoms with Crippen molar-refractivity contribution in [3.05, 3.63) is 85.1 Å². The smallest absolute Gasteiger partial charge is 0.306 e. The zero-order valence-electron chi connectivity index (χ0n) is 52.4. The molecule has 0 aliphatic carbocycles. The lowest BCUT2D eigenvalue weighted by Crippen LogP contribution is -2.30. The third kappa shape index (κ3) is 65.3. The molecule has 6 heteroatoms. The third-order valence-electron chi connectivity index (χ3n) is 14.9. The molecule has 0 heterocycles. The number of rotatable bonds is 62. The first-order valence-electron chi connectivity index (χ1n) is 34.1. The predicted molar refractivity (Wildman–Crippen MR) is 344 cm³/mol. The van der Waals surface area contributed by atoms with Crippen LogP contribution in [0, 0.1) is 0 Å². The van der Waals surface area contributed by atoms with E-state index in [1.807, 2.05) is 6.08 Å². The van der Waals surface area contributed by atoms with Crippen LogP contribution in [0.5, 0.6) is 0 Å². The van der Waals surface area contributed by atoms with Crippen molar-refractivity contribution in [1.29, 1.82) is 0 Å². The minimum atomic E-state index is -0.809. The summed E-state index contributed by atoms with van der Waals surface area (Å²) in [5, 5.41) is 0. The van der Waals surface area contributed by atoms with Crippen LogP contribution < -0.4 is 0 Å². The minimum Gasteiger partial charge on any atom is -0.462 e. The largest absolute Gasteiger partial charge is 0.462 e. The first-order valence-corrected chi connectivity index (χ1v) is 34.1. The van der Waals surface area contributed by atoms with Crippen molar-refractivity contribution < 1.29 is 28.6 Å². The first-order chi connectivity index (χ1) is 39.0. The van der Waals surface area contributed by atoms with Crippen LogP contribution in [0.4, 0.5) is 0 Å². The van der Waals surface area contributed by atoms with E-state index >= 15 is 0 Å². The molecule has 0 aromatic rings. The first kappa shape index (κ1) is 75.6. The molecule has 0 unspecified atom stereocenters. The summed E-state index contributed by atoms with van der Waals surface area (Å²) in [5.41, 5.74) is 0. The summed E-state index contributed by atoms with van der Waals surface area (Å²) in [4.78, 5) is 38.4. The summed E-state index contributed by atoms with van der Waals surface area (Å²) in [5.74, 6) is -0.970. The minimum absolute atomic E-state index is 0.0981. The molecule has 0 amide bonds. The van der Waals surface area contributed by atoms with E-state index in [9.17, 15) is 14.4 Å². The van der Waals surface area contributed by atoms with Crippen LogP contribution in [-0.2, 0) is 28.6 Å². The van der Waals surface area contributed by atoms with E-state index < -0.39 is 6.10 Å². The van der Waals surface area contributed by atoms with Crippen LogP contribution in [-0.4, -0.2) is 37.2 Å². The molecule has 0 spiro atoms. The van der Waals surface area contributed by atoms with Gasteiger partial charge in [0.15, 0.2) is 6.10 Å². The fraction of sp³-hybridized carbons (Fsp3) is 0.767. The Balaban J connectivity index is 4.44. The SMILES string of the molecule is CCCCC/C=C\C/C=C\C/C=C\C/C=C\C/C=C\CCC(=O)OC[C@H](COC(=O)CCCCCCCCCCCCC/C=C\CCCCCCCC)OC(=O)CCCCCCCCCCCCC/C=C\CCCCCCCC. The second-order valence-corrected chi connectivity index (χ2v) is 22.7.